The molecule has 4 aliphatic carbocycles. The second-order valence-electron chi connectivity index (χ2n) is 6.91. The van der Waals surface area contributed by atoms with E-state index in [4.69, 9.17) is 0 Å². The number of carbonyl (C=O) groups is 1. The highest BCUT2D eigenvalue weighted by Gasteiger charge is 2.54. The first-order valence-corrected chi connectivity index (χ1v) is 8.48. The molecule has 4 aliphatic rings. The molecule has 1 aromatic rings. The first-order chi connectivity index (χ1) is 9.73. The van der Waals surface area contributed by atoms with E-state index in [0.717, 1.165) is 41.9 Å². The molecule has 5 rings (SSSR count). The van der Waals surface area contributed by atoms with Crippen LogP contribution >= 0.6 is 11.3 Å². The average Bonchev–Trinajstić information content (AvgIpc) is 2.90. The molecular weight excluding hydrogens is 268 g/mol. The maximum atomic E-state index is 12.6. The molecule has 4 heteroatoms. The zero-order valence-corrected chi connectivity index (χ0v) is 12.4. The number of hydrazone groups is 1. The van der Waals surface area contributed by atoms with Crippen molar-refractivity contribution in [2.24, 2.45) is 28.3 Å². The van der Waals surface area contributed by atoms with Gasteiger partial charge in [0.25, 0.3) is 0 Å². The molecule has 0 aliphatic heterocycles. The summed E-state index contributed by atoms with van der Waals surface area (Å²) in [5, 5.41) is 6.17. The standard InChI is InChI=1S/C16H20N2OS/c19-15(18-17-10-14-2-1-3-20-14)16-7-11-4-12(8-16)6-13(5-11)9-16/h1-3,10-13H,4-9H2,(H,18,19)/b17-10+. The van der Waals surface area contributed by atoms with Crippen molar-refractivity contribution in [3.63, 3.8) is 0 Å². The Morgan fingerprint density at radius 1 is 1.25 bits per heavy atom. The highest BCUT2D eigenvalue weighted by Crippen LogP contribution is 2.60. The fourth-order valence-electron chi connectivity index (χ4n) is 5.03. The van der Waals surface area contributed by atoms with Gasteiger partial charge in [0.05, 0.1) is 11.6 Å². The molecule has 3 nitrogen and oxygen atoms in total. The van der Waals surface area contributed by atoms with E-state index in [-0.39, 0.29) is 11.3 Å². The first-order valence-electron chi connectivity index (χ1n) is 7.60. The number of amides is 1. The third kappa shape index (κ3) is 2.10. The zero-order valence-electron chi connectivity index (χ0n) is 11.5. The van der Waals surface area contributed by atoms with E-state index in [0.29, 0.717) is 0 Å². The number of hydrogen-bond donors (Lipinski definition) is 1. The molecule has 0 radical (unpaired) electrons. The third-order valence-electron chi connectivity index (χ3n) is 5.42. The lowest BCUT2D eigenvalue weighted by atomic mass is 9.49. The SMILES string of the molecule is O=C(N/N=C/c1cccs1)C12CC3CC(CC(C3)C1)C2. The Balaban J connectivity index is 1.45. The maximum Gasteiger partial charge on any atom is 0.246 e. The van der Waals surface area contributed by atoms with Crippen molar-refractivity contribution in [1.82, 2.24) is 5.43 Å². The van der Waals surface area contributed by atoms with Gasteiger partial charge < -0.3 is 0 Å². The molecule has 0 aromatic carbocycles. The molecule has 4 saturated carbocycles. The number of nitrogens with zero attached hydrogens (tertiary/aromatic N) is 1. The van der Waals surface area contributed by atoms with Gasteiger partial charge >= 0.3 is 0 Å². The second kappa shape index (κ2) is 4.69. The van der Waals surface area contributed by atoms with Crippen molar-refractivity contribution >= 4 is 23.5 Å². The Kier molecular flexibility index (Phi) is 2.95. The summed E-state index contributed by atoms with van der Waals surface area (Å²) < 4.78 is 0. The fourth-order valence-corrected chi connectivity index (χ4v) is 5.61. The second-order valence-corrected chi connectivity index (χ2v) is 7.89. The normalized spacial score (nSPS) is 38.5. The first kappa shape index (κ1) is 12.6. The molecule has 4 fully saturated rings. The van der Waals surface area contributed by atoms with Gasteiger partial charge in [0.2, 0.25) is 5.91 Å². The van der Waals surface area contributed by atoms with Crippen LogP contribution in [-0.4, -0.2) is 12.1 Å². The van der Waals surface area contributed by atoms with Gasteiger partial charge in [-0.05, 0) is 67.7 Å². The number of thiophene rings is 1. The number of rotatable bonds is 3. The average molecular weight is 288 g/mol. The highest BCUT2D eigenvalue weighted by atomic mass is 32.1. The molecule has 1 amide bonds. The summed E-state index contributed by atoms with van der Waals surface area (Å²) in [6, 6.07) is 4.00. The largest absolute Gasteiger partial charge is 0.273 e. The molecule has 4 bridgehead atoms. The minimum atomic E-state index is -0.0957. The molecule has 0 unspecified atom stereocenters. The van der Waals surface area contributed by atoms with E-state index in [1.165, 1.54) is 19.3 Å². The number of hydrogen-bond acceptors (Lipinski definition) is 3. The van der Waals surface area contributed by atoms with Gasteiger partial charge in [-0.3, -0.25) is 4.79 Å². The van der Waals surface area contributed by atoms with Gasteiger partial charge in [0.1, 0.15) is 0 Å². The van der Waals surface area contributed by atoms with Gasteiger partial charge in [-0.2, -0.15) is 5.10 Å². The molecule has 1 aromatic heterocycles. The summed E-state index contributed by atoms with van der Waals surface area (Å²) in [6.45, 7) is 0. The predicted octanol–water partition coefficient (Wildman–Crippen LogP) is 3.41. The zero-order chi connectivity index (χ0) is 13.6. The lowest BCUT2D eigenvalue weighted by Gasteiger charge is -2.55. The summed E-state index contributed by atoms with van der Waals surface area (Å²) in [5.74, 6) is 2.57. The molecule has 1 N–H and O–H groups in total. The van der Waals surface area contributed by atoms with Gasteiger partial charge in [-0.15, -0.1) is 11.3 Å². The van der Waals surface area contributed by atoms with Crippen molar-refractivity contribution in [3.8, 4) is 0 Å². The summed E-state index contributed by atoms with van der Waals surface area (Å²) in [4.78, 5) is 13.7. The van der Waals surface area contributed by atoms with Gasteiger partial charge in [-0.1, -0.05) is 6.07 Å². The van der Waals surface area contributed by atoms with Crippen LogP contribution in [0.1, 0.15) is 43.4 Å². The van der Waals surface area contributed by atoms with Crippen LogP contribution in [0, 0.1) is 23.2 Å². The fraction of sp³-hybridized carbons (Fsp3) is 0.625. The minimum absolute atomic E-state index is 0.0957. The highest BCUT2D eigenvalue weighted by molar-refractivity contribution is 7.11. The lowest BCUT2D eigenvalue weighted by Crippen LogP contribution is -2.52. The van der Waals surface area contributed by atoms with Crippen LogP contribution in [0.25, 0.3) is 0 Å². The predicted molar refractivity (Wildman–Crippen MR) is 80.7 cm³/mol. The van der Waals surface area contributed by atoms with E-state index < -0.39 is 0 Å². The Morgan fingerprint density at radius 2 is 1.90 bits per heavy atom. The third-order valence-corrected chi connectivity index (χ3v) is 6.23. The van der Waals surface area contributed by atoms with E-state index >= 15 is 0 Å². The molecule has 106 valence electrons. The molecular formula is C16H20N2OS. The molecule has 1 heterocycles. The molecule has 0 atom stereocenters. The van der Waals surface area contributed by atoms with Crippen molar-refractivity contribution < 1.29 is 4.79 Å². The van der Waals surface area contributed by atoms with Crippen LogP contribution in [0.3, 0.4) is 0 Å². The summed E-state index contributed by atoms with van der Waals surface area (Å²) >= 11 is 1.63. The molecule has 0 saturated heterocycles. The smallest absolute Gasteiger partial charge is 0.246 e. The molecule has 20 heavy (non-hydrogen) atoms. The number of carbonyl (C=O) groups excluding carboxylic acids is 1. The Hall–Kier alpha value is -1.16. The number of nitrogens with one attached hydrogen (secondary N) is 1. The van der Waals surface area contributed by atoms with E-state index in [1.807, 2.05) is 17.5 Å². The van der Waals surface area contributed by atoms with Crippen molar-refractivity contribution in [2.75, 3.05) is 0 Å². The van der Waals surface area contributed by atoms with Crippen LogP contribution in [0.15, 0.2) is 22.6 Å². The van der Waals surface area contributed by atoms with Crippen LogP contribution in [0.2, 0.25) is 0 Å². The van der Waals surface area contributed by atoms with Crippen molar-refractivity contribution in [3.05, 3.63) is 22.4 Å². The summed E-state index contributed by atoms with van der Waals surface area (Å²) in [6.07, 6.45) is 9.14. The van der Waals surface area contributed by atoms with Crippen LogP contribution < -0.4 is 5.43 Å². The van der Waals surface area contributed by atoms with Gasteiger partial charge in [-0.25, -0.2) is 5.43 Å². The Bertz CT molecular complexity index is 499. The van der Waals surface area contributed by atoms with Gasteiger partial charge in [0, 0.05) is 4.88 Å². The van der Waals surface area contributed by atoms with Crippen LogP contribution in [-0.2, 0) is 4.79 Å². The van der Waals surface area contributed by atoms with Crippen molar-refractivity contribution in [2.45, 2.75) is 38.5 Å². The summed E-state index contributed by atoms with van der Waals surface area (Å²) in [7, 11) is 0. The van der Waals surface area contributed by atoms with E-state index in [1.54, 1.807) is 17.6 Å². The Labute approximate surface area is 123 Å². The van der Waals surface area contributed by atoms with E-state index in [2.05, 4.69) is 10.5 Å². The van der Waals surface area contributed by atoms with Crippen LogP contribution in [0.4, 0.5) is 0 Å². The summed E-state index contributed by atoms with van der Waals surface area (Å²) in [5.41, 5.74) is 2.72. The van der Waals surface area contributed by atoms with E-state index in [9.17, 15) is 4.79 Å². The Morgan fingerprint density at radius 3 is 2.45 bits per heavy atom. The lowest BCUT2D eigenvalue weighted by molar-refractivity contribution is -0.146. The maximum absolute atomic E-state index is 12.6. The topological polar surface area (TPSA) is 41.5 Å². The van der Waals surface area contributed by atoms with Gasteiger partial charge in [0.15, 0.2) is 0 Å². The monoisotopic (exact) mass is 288 g/mol. The van der Waals surface area contributed by atoms with Crippen LogP contribution in [0.5, 0.6) is 0 Å². The minimum Gasteiger partial charge on any atom is -0.273 e. The van der Waals surface area contributed by atoms with Crippen molar-refractivity contribution in [1.29, 1.82) is 0 Å². The quantitative estimate of drug-likeness (QED) is 0.672. The molecule has 0 spiro atoms.